The highest BCUT2D eigenvalue weighted by Crippen LogP contribution is 2.38. The molecule has 6 heterocycles. The number of rotatable bonds is 5. The van der Waals surface area contributed by atoms with Crippen LogP contribution in [-0.2, 0) is 9.53 Å². The van der Waals surface area contributed by atoms with Crippen molar-refractivity contribution in [3.63, 3.8) is 0 Å². The first-order valence-corrected chi connectivity index (χ1v) is 15.2. The van der Waals surface area contributed by atoms with Gasteiger partial charge in [0.05, 0.1) is 30.9 Å². The van der Waals surface area contributed by atoms with Crippen molar-refractivity contribution in [1.82, 2.24) is 19.5 Å². The van der Waals surface area contributed by atoms with Crippen molar-refractivity contribution in [2.75, 3.05) is 34.8 Å². The van der Waals surface area contributed by atoms with Crippen LogP contribution < -0.4 is 15.1 Å². The quantitative estimate of drug-likeness (QED) is 0.279. The Morgan fingerprint density at radius 3 is 2.43 bits per heavy atom. The molecule has 2 unspecified atom stereocenters. The second kappa shape index (κ2) is 12.5. The van der Waals surface area contributed by atoms with Crippen LogP contribution in [0.1, 0.15) is 45.2 Å². The Bertz CT molecular complexity index is 1700. The van der Waals surface area contributed by atoms with Crippen LogP contribution in [0.25, 0.3) is 5.65 Å². The number of piperazine rings is 1. The molecule has 46 heavy (non-hydrogen) atoms. The molecule has 0 radical (unpaired) electrons. The number of carbonyl (C=O) groups is 2. The summed E-state index contributed by atoms with van der Waals surface area (Å²) < 4.78 is 48.6. The first-order chi connectivity index (χ1) is 22.0. The summed E-state index contributed by atoms with van der Waals surface area (Å²) in [5.74, 6) is -0.560. The van der Waals surface area contributed by atoms with E-state index in [2.05, 4.69) is 20.3 Å². The summed E-state index contributed by atoms with van der Waals surface area (Å²) >= 11 is 0. The van der Waals surface area contributed by atoms with Crippen LogP contribution in [-0.4, -0.2) is 75.5 Å². The van der Waals surface area contributed by atoms with E-state index in [0.29, 0.717) is 17.9 Å². The van der Waals surface area contributed by atoms with Crippen LogP contribution in [0.15, 0.2) is 67.0 Å². The van der Waals surface area contributed by atoms with Gasteiger partial charge in [-0.2, -0.15) is 5.10 Å². The number of fused-ring (bicyclic) bond motifs is 3. The SMILES string of the molecule is CC(C)(C)OC(=O)N1C2CC1CN(c1ccc(NC=O)cc1)C2.Fc1ccc(F)c([C@H]2C[C@H](F)CN2c2ccn3nccc3n2)c1. The number of hydrogen-bond acceptors (Lipinski definition) is 7. The summed E-state index contributed by atoms with van der Waals surface area (Å²) in [4.78, 5) is 33.0. The van der Waals surface area contributed by atoms with Crippen molar-refractivity contribution in [2.24, 2.45) is 0 Å². The molecule has 4 atom stereocenters. The van der Waals surface area contributed by atoms with E-state index in [-0.39, 0.29) is 36.7 Å². The molecule has 4 fully saturated rings. The smallest absolute Gasteiger partial charge is 0.410 e. The number of halogens is 3. The van der Waals surface area contributed by atoms with E-state index in [4.69, 9.17) is 4.74 Å². The Kier molecular flexibility index (Phi) is 8.49. The third-order valence-electron chi connectivity index (χ3n) is 8.36. The molecule has 4 saturated heterocycles. The number of nitrogens with one attached hydrogen (secondary N) is 1. The summed E-state index contributed by atoms with van der Waals surface area (Å²) in [6.45, 7) is 7.40. The van der Waals surface area contributed by atoms with Gasteiger partial charge in [0.15, 0.2) is 5.65 Å². The van der Waals surface area contributed by atoms with Crippen molar-refractivity contribution in [1.29, 1.82) is 0 Å². The van der Waals surface area contributed by atoms with Crippen LogP contribution in [0.4, 0.5) is 35.2 Å². The lowest BCUT2D eigenvalue weighted by Gasteiger charge is -2.56. The molecule has 4 aliphatic heterocycles. The van der Waals surface area contributed by atoms with Crippen LogP contribution >= 0.6 is 0 Å². The highest BCUT2D eigenvalue weighted by atomic mass is 19.1. The predicted octanol–water partition coefficient (Wildman–Crippen LogP) is 5.75. The van der Waals surface area contributed by atoms with E-state index in [1.807, 2.05) is 49.9 Å². The zero-order chi connectivity index (χ0) is 32.6. The van der Waals surface area contributed by atoms with Crippen LogP contribution in [0.5, 0.6) is 0 Å². The lowest BCUT2D eigenvalue weighted by Crippen LogP contribution is -2.70. The molecular weight excluding hydrogens is 599 g/mol. The number of benzene rings is 2. The monoisotopic (exact) mass is 635 g/mol. The summed E-state index contributed by atoms with van der Waals surface area (Å²) in [6, 6.07) is 14.3. The Balaban J connectivity index is 0.000000162. The molecular formula is C33H36F3N7O3. The van der Waals surface area contributed by atoms with Gasteiger partial charge in [-0.3, -0.25) is 9.69 Å². The largest absolute Gasteiger partial charge is 0.444 e. The fourth-order valence-electron chi connectivity index (χ4n) is 6.34. The molecule has 8 rings (SSSR count). The normalized spacial score (nSPS) is 22.2. The molecule has 1 N–H and O–H groups in total. The van der Waals surface area contributed by atoms with Crippen molar-refractivity contribution >= 4 is 35.3 Å². The average molecular weight is 636 g/mol. The molecule has 13 heteroatoms. The third-order valence-corrected chi connectivity index (χ3v) is 8.36. The summed E-state index contributed by atoms with van der Waals surface area (Å²) in [5, 5.41) is 6.69. The summed E-state index contributed by atoms with van der Waals surface area (Å²) in [6.07, 6.45) is 3.81. The second-order valence-corrected chi connectivity index (χ2v) is 12.7. The van der Waals surface area contributed by atoms with Gasteiger partial charge in [0.1, 0.15) is 29.2 Å². The van der Waals surface area contributed by atoms with Gasteiger partial charge in [-0.1, -0.05) is 0 Å². The molecule has 242 valence electrons. The van der Waals surface area contributed by atoms with E-state index in [9.17, 15) is 22.8 Å². The van der Waals surface area contributed by atoms with Gasteiger partial charge in [0.2, 0.25) is 6.41 Å². The number of ether oxygens (including phenoxy) is 1. The number of hydrogen-bond donors (Lipinski definition) is 1. The van der Waals surface area contributed by atoms with Gasteiger partial charge in [0.25, 0.3) is 0 Å². The molecule has 0 saturated carbocycles. The Hall–Kier alpha value is -4.81. The Labute approximate surface area is 264 Å². The number of anilines is 3. The lowest BCUT2D eigenvalue weighted by atomic mass is 9.87. The van der Waals surface area contributed by atoms with Gasteiger partial charge in [0, 0.05) is 48.7 Å². The molecule has 0 spiro atoms. The molecule has 2 amide bonds. The lowest BCUT2D eigenvalue weighted by molar-refractivity contribution is -0.105. The highest BCUT2D eigenvalue weighted by Gasteiger charge is 2.48. The predicted molar refractivity (Wildman–Crippen MR) is 168 cm³/mol. The first kappa shape index (κ1) is 31.2. The van der Waals surface area contributed by atoms with E-state index in [1.165, 1.54) is 0 Å². The fourth-order valence-corrected chi connectivity index (χ4v) is 6.34. The van der Waals surface area contributed by atoms with Gasteiger partial charge in [-0.15, -0.1) is 0 Å². The first-order valence-electron chi connectivity index (χ1n) is 15.2. The molecule has 2 aromatic heterocycles. The van der Waals surface area contributed by atoms with Crippen LogP contribution in [0, 0.1) is 11.6 Å². The van der Waals surface area contributed by atoms with E-state index in [0.717, 1.165) is 49.1 Å². The minimum absolute atomic E-state index is 0.0952. The van der Waals surface area contributed by atoms with Gasteiger partial charge in [-0.25, -0.2) is 27.5 Å². The molecule has 2 aromatic carbocycles. The maximum atomic E-state index is 14.1. The molecule has 2 bridgehead atoms. The number of amides is 2. The highest BCUT2D eigenvalue weighted by molar-refractivity contribution is 5.73. The maximum Gasteiger partial charge on any atom is 0.410 e. The summed E-state index contributed by atoms with van der Waals surface area (Å²) in [7, 11) is 0. The van der Waals surface area contributed by atoms with E-state index < -0.39 is 29.4 Å². The minimum atomic E-state index is -1.12. The van der Waals surface area contributed by atoms with Crippen molar-refractivity contribution in [3.05, 3.63) is 84.2 Å². The van der Waals surface area contributed by atoms with E-state index in [1.54, 1.807) is 33.9 Å². The maximum absolute atomic E-state index is 14.1. The number of carbonyl (C=O) groups excluding carboxylic acids is 2. The number of nitrogens with zero attached hydrogens (tertiary/aromatic N) is 6. The second-order valence-electron chi connectivity index (χ2n) is 12.7. The van der Waals surface area contributed by atoms with Crippen molar-refractivity contribution < 1.29 is 27.5 Å². The third kappa shape index (κ3) is 6.58. The average Bonchev–Trinajstić information content (AvgIpc) is 3.64. The van der Waals surface area contributed by atoms with E-state index >= 15 is 0 Å². The number of piperidine rings is 1. The molecule has 4 aliphatic rings. The van der Waals surface area contributed by atoms with Crippen molar-refractivity contribution in [2.45, 2.75) is 63.5 Å². The van der Waals surface area contributed by atoms with Crippen molar-refractivity contribution in [3.8, 4) is 0 Å². The van der Waals surface area contributed by atoms with Gasteiger partial charge >= 0.3 is 6.09 Å². The topological polar surface area (TPSA) is 95.3 Å². The molecule has 0 aliphatic carbocycles. The summed E-state index contributed by atoms with van der Waals surface area (Å²) in [5.41, 5.74) is 2.20. The van der Waals surface area contributed by atoms with Crippen LogP contribution in [0.3, 0.4) is 0 Å². The standard InChI is InChI=1S/C17H23N3O3.C16H13F3N4/c1-17(2,3)23-16(22)20-14-8-15(20)10-19(9-14)13-6-4-12(5-7-13)18-11-21;17-10-1-2-13(19)12(7-10)14-8-11(18)9-22(14)15-4-6-23-16(21-15)3-5-20-23/h4-7,11,14-15H,8-10H2,1-3H3,(H,18,21);1-7,11,14H,8-9H2/t;11-,14+/m.0/s1. The number of aromatic nitrogens is 3. The zero-order valence-electron chi connectivity index (χ0n) is 25.8. The molecule has 4 aromatic rings. The Morgan fingerprint density at radius 1 is 1.00 bits per heavy atom. The minimum Gasteiger partial charge on any atom is -0.444 e. The van der Waals surface area contributed by atoms with Gasteiger partial charge in [-0.05, 0) is 75.7 Å². The number of alkyl halides is 1. The van der Waals surface area contributed by atoms with Crippen LogP contribution in [0.2, 0.25) is 0 Å². The Morgan fingerprint density at radius 2 is 1.74 bits per heavy atom. The fraction of sp³-hybridized carbons (Fsp3) is 0.394. The zero-order valence-corrected chi connectivity index (χ0v) is 25.8. The van der Waals surface area contributed by atoms with Gasteiger partial charge < -0.3 is 19.9 Å². The molecule has 10 nitrogen and oxygen atoms in total.